The van der Waals surface area contributed by atoms with Crippen molar-refractivity contribution < 1.29 is 4.39 Å². The van der Waals surface area contributed by atoms with E-state index in [9.17, 15) is 4.39 Å². The van der Waals surface area contributed by atoms with Gasteiger partial charge in [-0.15, -0.1) is 0 Å². The third kappa shape index (κ3) is 4.09. The van der Waals surface area contributed by atoms with Crippen LogP contribution >= 0.6 is 0 Å². The van der Waals surface area contributed by atoms with E-state index >= 15 is 0 Å². The summed E-state index contributed by atoms with van der Waals surface area (Å²) < 4.78 is 13.8. The van der Waals surface area contributed by atoms with Crippen LogP contribution in [0, 0.1) is 5.82 Å². The minimum absolute atomic E-state index is 0.142. The van der Waals surface area contributed by atoms with Crippen molar-refractivity contribution >= 4 is 11.6 Å². The second-order valence-corrected chi connectivity index (χ2v) is 5.25. The molecule has 1 aliphatic heterocycles. The summed E-state index contributed by atoms with van der Waals surface area (Å²) in [7, 11) is 1.82. The lowest BCUT2D eigenvalue weighted by molar-refractivity contribution is 0.370. The maximum Gasteiger partial charge on any atom is 0.193 e. The van der Waals surface area contributed by atoms with E-state index in [2.05, 4.69) is 27.0 Å². The lowest BCUT2D eigenvalue weighted by Crippen LogP contribution is -2.52. The second kappa shape index (κ2) is 7.86. The second-order valence-electron chi connectivity index (χ2n) is 5.25. The fourth-order valence-corrected chi connectivity index (χ4v) is 2.58. The van der Waals surface area contributed by atoms with Gasteiger partial charge >= 0.3 is 0 Å². The van der Waals surface area contributed by atoms with Crippen molar-refractivity contribution in [2.45, 2.75) is 19.8 Å². The van der Waals surface area contributed by atoms with E-state index in [1.807, 2.05) is 19.2 Å². The molecule has 4 nitrogen and oxygen atoms in total. The lowest BCUT2D eigenvalue weighted by atomic mass is 10.2. The summed E-state index contributed by atoms with van der Waals surface area (Å²) in [5.41, 5.74) is 0.700. The molecule has 21 heavy (non-hydrogen) atoms. The summed E-state index contributed by atoms with van der Waals surface area (Å²) in [6.07, 6.45) is 2.32. The summed E-state index contributed by atoms with van der Waals surface area (Å²) in [5, 5.41) is 3.39. The van der Waals surface area contributed by atoms with E-state index < -0.39 is 0 Å². The third-order valence-electron chi connectivity index (χ3n) is 3.80. The highest BCUT2D eigenvalue weighted by molar-refractivity contribution is 5.80. The van der Waals surface area contributed by atoms with Crippen LogP contribution in [0.3, 0.4) is 0 Å². The number of guanidine groups is 1. The monoisotopic (exact) mass is 292 g/mol. The molecule has 1 aromatic carbocycles. The molecule has 1 saturated heterocycles. The highest BCUT2D eigenvalue weighted by Crippen LogP contribution is 2.20. The Hall–Kier alpha value is -1.78. The predicted molar refractivity (Wildman–Crippen MR) is 86.5 cm³/mol. The van der Waals surface area contributed by atoms with Gasteiger partial charge in [-0.2, -0.15) is 0 Å². The quantitative estimate of drug-likeness (QED) is 0.525. The summed E-state index contributed by atoms with van der Waals surface area (Å²) in [6, 6.07) is 6.98. The Balaban J connectivity index is 1.89. The van der Waals surface area contributed by atoms with Crippen molar-refractivity contribution in [3.63, 3.8) is 0 Å². The van der Waals surface area contributed by atoms with Crippen LogP contribution in [0.25, 0.3) is 0 Å². The Morgan fingerprint density at radius 1 is 1.24 bits per heavy atom. The number of hydrogen-bond acceptors (Lipinski definition) is 2. The summed E-state index contributed by atoms with van der Waals surface area (Å²) in [4.78, 5) is 8.68. The number of hydrogen-bond donors (Lipinski definition) is 1. The summed E-state index contributed by atoms with van der Waals surface area (Å²) >= 11 is 0. The van der Waals surface area contributed by atoms with Crippen LogP contribution < -0.4 is 10.2 Å². The number of para-hydroxylation sites is 1. The zero-order valence-electron chi connectivity index (χ0n) is 13.0. The van der Waals surface area contributed by atoms with Gasteiger partial charge in [0.05, 0.1) is 5.69 Å². The van der Waals surface area contributed by atoms with E-state index in [4.69, 9.17) is 0 Å². The normalized spacial score (nSPS) is 16.2. The first-order valence-corrected chi connectivity index (χ1v) is 7.71. The molecule has 0 unspecified atom stereocenters. The number of nitrogens with one attached hydrogen (secondary N) is 1. The van der Waals surface area contributed by atoms with Crippen molar-refractivity contribution in [3.8, 4) is 0 Å². The van der Waals surface area contributed by atoms with Crippen molar-refractivity contribution in [1.82, 2.24) is 10.2 Å². The van der Waals surface area contributed by atoms with Crippen molar-refractivity contribution in [1.29, 1.82) is 0 Å². The minimum atomic E-state index is -0.142. The molecule has 116 valence electrons. The van der Waals surface area contributed by atoms with Crippen molar-refractivity contribution in [2.24, 2.45) is 4.99 Å². The molecule has 1 aromatic rings. The highest BCUT2D eigenvalue weighted by Gasteiger charge is 2.21. The number of aliphatic imine (C=N–C) groups is 1. The highest BCUT2D eigenvalue weighted by atomic mass is 19.1. The average Bonchev–Trinajstić information content (AvgIpc) is 2.53. The summed E-state index contributed by atoms with van der Waals surface area (Å²) in [6.45, 7) is 6.49. The zero-order chi connectivity index (χ0) is 15.1. The molecule has 1 aliphatic rings. The molecule has 0 radical (unpaired) electrons. The van der Waals surface area contributed by atoms with E-state index in [0.29, 0.717) is 5.69 Å². The molecule has 1 heterocycles. The number of unbranched alkanes of at least 4 members (excludes halogenated alkanes) is 1. The van der Waals surface area contributed by atoms with Crippen molar-refractivity contribution in [3.05, 3.63) is 30.1 Å². The minimum Gasteiger partial charge on any atom is -0.366 e. The van der Waals surface area contributed by atoms with E-state index in [-0.39, 0.29) is 5.82 Å². The predicted octanol–water partition coefficient (Wildman–Crippen LogP) is 2.32. The molecular weight excluding hydrogens is 267 g/mol. The smallest absolute Gasteiger partial charge is 0.193 e. The van der Waals surface area contributed by atoms with Gasteiger partial charge in [-0.1, -0.05) is 25.5 Å². The van der Waals surface area contributed by atoms with Crippen LogP contribution in [-0.4, -0.2) is 50.6 Å². The molecule has 0 aliphatic carbocycles. The van der Waals surface area contributed by atoms with E-state index in [0.717, 1.165) is 45.1 Å². The Labute approximate surface area is 126 Å². The number of halogens is 1. The molecule has 1 N–H and O–H groups in total. The lowest BCUT2D eigenvalue weighted by Gasteiger charge is -2.37. The molecule has 0 spiro atoms. The van der Waals surface area contributed by atoms with Gasteiger partial charge in [0, 0.05) is 39.8 Å². The molecule has 1 fully saturated rings. The molecule has 0 saturated carbocycles. The van der Waals surface area contributed by atoms with Crippen LogP contribution in [0.1, 0.15) is 19.8 Å². The standard InChI is InChI=1S/C16H25FN4/c1-3-4-9-19-16(18-2)21-12-10-20(11-13-21)15-8-6-5-7-14(15)17/h5-8H,3-4,9-13H2,1-2H3,(H,18,19). The largest absolute Gasteiger partial charge is 0.366 e. The third-order valence-corrected chi connectivity index (χ3v) is 3.80. The molecule has 0 bridgehead atoms. The Morgan fingerprint density at radius 3 is 2.57 bits per heavy atom. The molecule has 0 aromatic heterocycles. The average molecular weight is 292 g/mol. The molecule has 5 heteroatoms. The fourth-order valence-electron chi connectivity index (χ4n) is 2.58. The van der Waals surface area contributed by atoms with E-state index in [1.54, 1.807) is 6.07 Å². The van der Waals surface area contributed by atoms with Crippen LogP contribution in [0.15, 0.2) is 29.3 Å². The van der Waals surface area contributed by atoms with E-state index in [1.165, 1.54) is 12.5 Å². The van der Waals surface area contributed by atoms with Gasteiger partial charge in [0.15, 0.2) is 5.96 Å². The van der Waals surface area contributed by atoms with Crippen molar-refractivity contribution in [2.75, 3.05) is 44.7 Å². The van der Waals surface area contributed by atoms with Gasteiger partial charge in [0.2, 0.25) is 0 Å². The topological polar surface area (TPSA) is 30.9 Å². The number of rotatable bonds is 4. The van der Waals surface area contributed by atoms with Gasteiger partial charge < -0.3 is 15.1 Å². The molecular formula is C16H25FN4. The fraction of sp³-hybridized carbons (Fsp3) is 0.562. The first-order chi connectivity index (χ1) is 10.3. The summed E-state index contributed by atoms with van der Waals surface area (Å²) in [5.74, 6) is 0.813. The number of nitrogens with zero attached hydrogens (tertiary/aromatic N) is 3. The maximum absolute atomic E-state index is 13.8. The molecule has 0 atom stereocenters. The van der Waals surface area contributed by atoms with Crippen LogP contribution in [-0.2, 0) is 0 Å². The first-order valence-electron chi connectivity index (χ1n) is 7.71. The number of piperazine rings is 1. The van der Waals surface area contributed by atoms with Gasteiger partial charge in [-0.25, -0.2) is 4.39 Å². The number of benzene rings is 1. The Morgan fingerprint density at radius 2 is 1.95 bits per heavy atom. The van der Waals surface area contributed by atoms with Crippen LogP contribution in [0.2, 0.25) is 0 Å². The maximum atomic E-state index is 13.8. The molecule has 2 rings (SSSR count). The van der Waals surface area contributed by atoms with Gasteiger partial charge in [-0.3, -0.25) is 4.99 Å². The Kier molecular flexibility index (Phi) is 5.84. The van der Waals surface area contributed by atoms with Gasteiger partial charge in [0.1, 0.15) is 5.82 Å². The Bertz CT molecular complexity index is 467. The van der Waals surface area contributed by atoms with Crippen LogP contribution in [0.5, 0.6) is 0 Å². The van der Waals surface area contributed by atoms with Gasteiger partial charge in [0.25, 0.3) is 0 Å². The van der Waals surface area contributed by atoms with Gasteiger partial charge in [-0.05, 0) is 18.6 Å². The zero-order valence-corrected chi connectivity index (χ0v) is 13.0. The van der Waals surface area contributed by atoms with Crippen LogP contribution in [0.4, 0.5) is 10.1 Å². The molecule has 0 amide bonds. The SMILES string of the molecule is CCCCNC(=NC)N1CCN(c2ccccc2F)CC1. The first kappa shape index (κ1) is 15.6. The number of anilines is 1.